The number of likely N-dealkylation sites (tertiary alicyclic amines) is 1. The van der Waals surface area contributed by atoms with Crippen molar-refractivity contribution in [3.63, 3.8) is 0 Å². The number of hydrogen-bond acceptors (Lipinski definition) is 3. The van der Waals surface area contributed by atoms with Gasteiger partial charge in [0.15, 0.2) is 0 Å². The maximum absolute atomic E-state index is 6.38. The van der Waals surface area contributed by atoms with Gasteiger partial charge in [-0.05, 0) is 62.3 Å². The Balaban J connectivity index is 1.74. The average molecular weight is 343 g/mol. The SMILES string of the molecule is COC1CC(Cl)CCC1CN1C2NCCCC2CC1C(C)(C)C. The largest absolute Gasteiger partial charge is 0.381 e. The van der Waals surface area contributed by atoms with E-state index in [4.69, 9.17) is 16.3 Å². The minimum atomic E-state index is 0.300. The summed E-state index contributed by atoms with van der Waals surface area (Å²) < 4.78 is 5.81. The molecule has 2 aliphatic heterocycles. The van der Waals surface area contributed by atoms with Gasteiger partial charge < -0.3 is 10.1 Å². The lowest BCUT2D eigenvalue weighted by Crippen LogP contribution is -2.54. The molecule has 0 aromatic carbocycles. The molecule has 0 radical (unpaired) electrons. The number of hydrogen-bond donors (Lipinski definition) is 1. The van der Waals surface area contributed by atoms with Crippen molar-refractivity contribution in [2.75, 3.05) is 20.2 Å². The van der Waals surface area contributed by atoms with Gasteiger partial charge in [-0.3, -0.25) is 4.90 Å². The Hall–Kier alpha value is 0.170. The molecule has 0 aromatic rings. The molecular weight excluding hydrogens is 308 g/mol. The molecule has 3 nitrogen and oxygen atoms in total. The molecule has 0 bridgehead atoms. The molecule has 0 amide bonds. The zero-order valence-electron chi connectivity index (χ0n) is 15.4. The smallest absolute Gasteiger partial charge is 0.0629 e. The van der Waals surface area contributed by atoms with Gasteiger partial charge in [-0.2, -0.15) is 0 Å². The Bertz CT molecular complexity index is 397. The fourth-order valence-corrected chi connectivity index (χ4v) is 5.49. The molecule has 1 aliphatic carbocycles. The summed E-state index contributed by atoms with van der Waals surface area (Å²) in [5.74, 6) is 1.46. The molecule has 2 heterocycles. The molecule has 6 atom stereocenters. The molecule has 1 N–H and O–H groups in total. The first kappa shape index (κ1) is 18.0. The first-order chi connectivity index (χ1) is 10.9. The zero-order chi connectivity index (χ0) is 16.6. The van der Waals surface area contributed by atoms with E-state index in [1.54, 1.807) is 0 Å². The summed E-state index contributed by atoms with van der Waals surface area (Å²) in [5, 5.41) is 4.12. The normalized spacial score (nSPS) is 42.7. The van der Waals surface area contributed by atoms with E-state index >= 15 is 0 Å². The molecule has 23 heavy (non-hydrogen) atoms. The van der Waals surface area contributed by atoms with Gasteiger partial charge >= 0.3 is 0 Å². The van der Waals surface area contributed by atoms with Crippen LogP contribution < -0.4 is 5.32 Å². The molecule has 2 saturated heterocycles. The quantitative estimate of drug-likeness (QED) is 0.788. The first-order valence-corrected chi connectivity index (χ1v) is 9.99. The second-order valence-corrected chi connectivity index (χ2v) is 9.68. The maximum atomic E-state index is 6.38. The number of alkyl halides is 1. The van der Waals surface area contributed by atoms with E-state index in [0.29, 0.717) is 35.0 Å². The van der Waals surface area contributed by atoms with Gasteiger partial charge in [0.25, 0.3) is 0 Å². The molecule has 4 heteroatoms. The summed E-state index contributed by atoms with van der Waals surface area (Å²) in [6.07, 6.45) is 8.35. The lowest BCUT2D eigenvalue weighted by molar-refractivity contribution is -0.0139. The monoisotopic (exact) mass is 342 g/mol. The predicted molar refractivity (Wildman–Crippen MR) is 96.9 cm³/mol. The summed E-state index contributed by atoms with van der Waals surface area (Å²) in [6.45, 7) is 9.57. The number of halogens is 1. The third kappa shape index (κ3) is 3.89. The highest BCUT2D eigenvalue weighted by Crippen LogP contribution is 2.43. The lowest BCUT2D eigenvalue weighted by Gasteiger charge is -2.43. The average Bonchev–Trinajstić information content (AvgIpc) is 2.88. The van der Waals surface area contributed by atoms with Gasteiger partial charge in [-0.25, -0.2) is 0 Å². The summed E-state index contributed by atoms with van der Waals surface area (Å²) >= 11 is 6.38. The molecule has 6 unspecified atom stereocenters. The second kappa shape index (κ2) is 7.19. The van der Waals surface area contributed by atoms with Crippen molar-refractivity contribution in [2.45, 2.75) is 83.0 Å². The van der Waals surface area contributed by atoms with Crippen molar-refractivity contribution in [1.82, 2.24) is 10.2 Å². The molecule has 1 saturated carbocycles. The predicted octanol–water partition coefficient (Wildman–Crippen LogP) is 3.86. The van der Waals surface area contributed by atoms with Crippen LogP contribution in [0.2, 0.25) is 0 Å². The first-order valence-electron chi connectivity index (χ1n) is 9.56. The van der Waals surface area contributed by atoms with Crippen LogP contribution in [0, 0.1) is 17.3 Å². The highest BCUT2D eigenvalue weighted by Gasteiger charge is 2.47. The third-order valence-electron chi connectivity index (χ3n) is 6.45. The Morgan fingerprint density at radius 3 is 2.65 bits per heavy atom. The summed E-state index contributed by atoms with van der Waals surface area (Å²) in [5.41, 5.74) is 0.339. The number of piperidine rings is 1. The highest BCUT2D eigenvalue weighted by molar-refractivity contribution is 6.20. The van der Waals surface area contributed by atoms with Crippen LogP contribution in [0.15, 0.2) is 0 Å². The van der Waals surface area contributed by atoms with Gasteiger partial charge in [-0.1, -0.05) is 20.8 Å². The van der Waals surface area contributed by atoms with Crippen LogP contribution in [-0.4, -0.2) is 48.8 Å². The van der Waals surface area contributed by atoms with Gasteiger partial charge in [0.2, 0.25) is 0 Å². The van der Waals surface area contributed by atoms with E-state index in [9.17, 15) is 0 Å². The Morgan fingerprint density at radius 1 is 1.17 bits per heavy atom. The highest BCUT2D eigenvalue weighted by atomic mass is 35.5. The Kier molecular flexibility index (Phi) is 5.62. The Morgan fingerprint density at radius 2 is 1.96 bits per heavy atom. The molecule has 134 valence electrons. The van der Waals surface area contributed by atoms with Crippen LogP contribution >= 0.6 is 11.6 Å². The molecule has 0 aromatic heterocycles. The van der Waals surface area contributed by atoms with E-state index in [2.05, 4.69) is 31.0 Å². The molecule has 3 fully saturated rings. The van der Waals surface area contributed by atoms with Gasteiger partial charge in [0.1, 0.15) is 0 Å². The van der Waals surface area contributed by atoms with Crippen LogP contribution in [0.25, 0.3) is 0 Å². The zero-order valence-corrected chi connectivity index (χ0v) is 16.1. The van der Waals surface area contributed by atoms with Gasteiger partial charge in [0.05, 0.1) is 12.3 Å². The van der Waals surface area contributed by atoms with Gasteiger partial charge in [-0.15, -0.1) is 11.6 Å². The van der Waals surface area contributed by atoms with Crippen molar-refractivity contribution in [3.05, 3.63) is 0 Å². The van der Waals surface area contributed by atoms with E-state index in [1.165, 1.54) is 32.2 Å². The fraction of sp³-hybridized carbons (Fsp3) is 1.00. The van der Waals surface area contributed by atoms with Crippen LogP contribution in [-0.2, 0) is 4.74 Å². The Labute approximate surface area is 147 Å². The van der Waals surface area contributed by atoms with E-state index < -0.39 is 0 Å². The minimum Gasteiger partial charge on any atom is -0.381 e. The van der Waals surface area contributed by atoms with Crippen LogP contribution in [0.1, 0.15) is 59.3 Å². The van der Waals surface area contributed by atoms with Crippen molar-refractivity contribution >= 4 is 11.6 Å². The fourth-order valence-electron chi connectivity index (χ4n) is 5.19. The third-order valence-corrected chi connectivity index (χ3v) is 6.84. The number of nitrogens with one attached hydrogen (secondary N) is 1. The van der Waals surface area contributed by atoms with Crippen molar-refractivity contribution in [2.24, 2.45) is 17.3 Å². The van der Waals surface area contributed by atoms with Crippen molar-refractivity contribution in [1.29, 1.82) is 0 Å². The summed E-state index contributed by atoms with van der Waals surface area (Å²) in [7, 11) is 1.86. The molecule has 3 rings (SSSR count). The van der Waals surface area contributed by atoms with Crippen LogP contribution in [0.5, 0.6) is 0 Å². The van der Waals surface area contributed by atoms with Crippen molar-refractivity contribution < 1.29 is 4.74 Å². The molecule has 0 spiro atoms. The minimum absolute atomic E-state index is 0.300. The van der Waals surface area contributed by atoms with E-state index in [1.807, 2.05) is 7.11 Å². The summed E-state index contributed by atoms with van der Waals surface area (Å²) in [4.78, 5) is 2.80. The molecule has 3 aliphatic rings. The van der Waals surface area contributed by atoms with Crippen LogP contribution in [0.3, 0.4) is 0 Å². The van der Waals surface area contributed by atoms with Crippen molar-refractivity contribution in [3.8, 4) is 0 Å². The van der Waals surface area contributed by atoms with Gasteiger partial charge in [0, 0.05) is 25.1 Å². The standard InChI is InChI=1S/C19H35ClN2O/c1-19(2,3)17-10-13-6-5-9-21-18(13)22(17)12-14-7-8-15(20)11-16(14)23-4/h13-18,21H,5-12H2,1-4H3. The topological polar surface area (TPSA) is 24.5 Å². The summed E-state index contributed by atoms with van der Waals surface area (Å²) in [6, 6.07) is 0.675. The maximum Gasteiger partial charge on any atom is 0.0629 e. The van der Waals surface area contributed by atoms with E-state index in [-0.39, 0.29) is 0 Å². The number of ether oxygens (including phenoxy) is 1. The lowest BCUT2D eigenvalue weighted by atomic mass is 9.81. The molecular formula is C19H35ClN2O. The second-order valence-electron chi connectivity index (χ2n) is 9.06. The van der Waals surface area contributed by atoms with Crippen LogP contribution in [0.4, 0.5) is 0 Å². The number of rotatable bonds is 3. The number of methoxy groups -OCH3 is 1. The van der Waals surface area contributed by atoms with E-state index in [0.717, 1.165) is 25.3 Å². The number of nitrogens with zero attached hydrogens (tertiary/aromatic N) is 1. The number of fused-ring (bicyclic) bond motifs is 1.